The Hall–Kier alpha value is -2.46. The number of carbonyl (C=O) groups excluding carboxylic acids is 2. The van der Waals surface area contributed by atoms with E-state index in [1.165, 1.54) is 7.11 Å². The Morgan fingerprint density at radius 1 is 1.33 bits per heavy atom. The molecule has 0 unspecified atom stereocenters. The Bertz CT molecular complexity index is 687. The number of halogens is 2. The second-order valence-electron chi connectivity index (χ2n) is 6.22. The van der Waals surface area contributed by atoms with E-state index in [0.717, 1.165) is 17.0 Å². The van der Waals surface area contributed by atoms with E-state index in [1.807, 2.05) is 0 Å². The lowest BCUT2D eigenvalue weighted by Gasteiger charge is -2.24. The van der Waals surface area contributed by atoms with Crippen LogP contribution >= 0.6 is 0 Å². The van der Waals surface area contributed by atoms with Crippen LogP contribution in [-0.2, 0) is 19.1 Å². The van der Waals surface area contributed by atoms with E-state index in [2.05, 4.69) is 10.2 Å². The van der Waals surface area contributed by atoms with E-state index in [0.29, 0.717) is 26.2 Å². The average molecular weight is 385 g/mol. The van der Waals surface area contributed by atoms with Crippen LogP contribution in [0.15, 0.2) is 12.1 Å². The number of anilines is 2. The third-order valence-corrected chi connectivity index (χ3v) is 4.45. The van der Waals surface area contributed by atoms with Crippen LogP contribution in [-0.4, -0.2) is 58.1 Å². The SMILES string of the molecule is COC(=O)CC[C@H]1CN(c2cc(F)c(N3CCNOCC3)c(F)c2)C(=O)O1. The minimum Gasteiger partial charge on any atom is -0.469 e. The molecule has 27 heavy (non-hydrogen) atoms. The Morgan fingerprint density at radius 2 is 2.07 bits per heavy atom. The number of carbonyl (C=O) groups is 2. The van der Waals surface area contributed by atoms with Gasteiger partial charge in [0.15, 0.2) is 11.6 Å². The van der Waals surface area contributed by atoms with Crippen molar-refractivity contribution < 1.29 is 32.7 Å². The molecule has 2 fully saturated rings. The fraction of sp³-hybridized carbons (Fsp3) is 0.529. The van der Waals surface area contributed by atoms with E-state index in [9.17, 15) is 18.4 Å². The van der Waals surface area contributed by atoms with Crippen molar-refractivity contribution in [2.45, 2.75) is 18.9 Å². The van der Waals surface area contributed by atoms with Crippen LogP contribution in [0.3, 0.4) is 0 Å². The highest BCUT2D eigenvalue weighted by atomic mass is 19.1. The predicted molar refractivity (Wildman–Crippen MR) is 91.4 cm³/mol. The number of nitrogens with zero attached hydrogens (tertiary/aromatic N) is 2. The van der Waals surface area contributed by atoms with Gasteiger partial charge in [0.05, 0.1) is 25.9 Å². The predicted octanol–water partition coefficient (Wildman–Crippen LogP) is 1.58. The summed E-state index contributed by atoms with van der Waals surface area (Å²) in [7, 11) is 1.27. The molecule has 0 aliphatic carbocycles. The lowest BCUT2D eigenvalue weighted by molar-refractivity contribution is -0.141. The number of rotatable bonds is 5. The van der Waals surface area contributed by atoms with Crippen LogP contribution in [0.25, 0.3) is 0 Å². The number of hydrogen-bond acceptors (Lipinski definition) is 7. The number of benzene rings is 1. The highest BCUT2D eigenvalue weighted by Gasteiger charge is 2.34. The molecule has 0 spiro atoms. The first-order chi connectivity index (χ1) is 13.0. The standard InChI is InChI=1S/C17H21F2N3O5/c1-25-15(23)3-2-12-10-22(17(24)27-12)11-8-13(18)16(14(19)9-11)21-5-4-20-26-7-6-21/h8-9,12,20H,2-7,10H2,1H3/t12-/m0/s1. The number of hydroxylamine groups is 1. The Labute approximate surface area is 154 Å². The van der Waals surface area contributed by atoms with Crippen LogP contribution < -0.4 is 15.3 Å². The van der Waals surface area contributed by atoms with Crippen molar-refractivity contribution in [3.05, 3.63) is 23.8 Å². The number of ether oxygens (including phenoxy) is 2. The Morgan fingerprint density at radius 3 is 2.78 bits per heavy atom. The molecule has 0 bridgehead atoms. The molecule has 0 saturated carbocycles. The van der Waals surface area contributed by atoms with Crippen LogP contribution in [0.4, 0.5) is 25.0 Å². The van der Waals surface area contributed by atoms with Gasteiger partial charge < -0.3 is 14.4 Å². The highest BCUT2D eigenvalue weighted by molar-refractivity contribution is 5.90. The minimum absolute atomic E-state index is 0.0727. The smallest absolute Gasteiger partial charge is 0.414 e. The van der Waals surface area contributed by atoms with E-state index in [4.69, 9.17) is 9.57 Å². The molecule has 2 saturated heterocycles. The number of cyclic esters (lactones) is 1. The zero-order valence-corrected chi connectivity index (χ0v) is 14.9. The van der Waals surface area contributed by atoms with Crippen molar-refractivity contribution in [2.24, 2.45) is 0 Å². The second-order valence-corrected chi connectivity index (χ2v) is 6.22. The van der Waals surface area contributed by atoms with Gasteiger partial charge in [0.1, 0.15) is 11.8 Å². The van der Waals surface area contributed by atoms with Crippen LogP contribution in [0, 0.1) is 11.6 Å². The maximum Gasteiger partial charge on any atom is 0.414 e. The zero-order valence-electron chi connectivity index (χ0n) is 14.9. The average Bonchev–Trinajstić information content (AvgIpc) is 2.82. The Kier molecular flexibility index (Phi) is 6.07. The van der Waals surface area contributed by atoms with Crippen LogP contribution in [0.2, 0.25) is 0 Å². The van der Waals surface area contributed by atoms with Gasteiger partial charge in [-0.05, 0) is 6.42 Å². The van der Waals surface area contributed by atoms with Gasteiger partial charge in [0, 0.05) is 38.2 Å². The summed E-state index contributed by atoms with van der Waals surface area (Å²) in [6, 6.07) is 2.23. The molecule has 0 aromatic heterocycles. The van der Waals surface area contributed by atoms with E-state index in [-0.39, 0.29) is 30.8 Å². The van der Waals surface area contributed by atoms with Crippen molar-refractivity contribution in [1.82, 2.24) is 5.48 Å². The number of amides is 1. The molecule has 1 aromatic rings. The van der Waals surface area contributed by atoms with Gasteiger partial charge in [-0.25, -0.2) is 19.1 Å². The number of esters is 1. The molecule has 2 heterocycles. The summed E-state index contributed by atoms with van der Waals surface area (Å²) in [6.45, 7) is 1.55. The first-order valence-corrected chi connectivity index (χ1v) is 8.63. The van der Waals surface area contributed by atoms with Gasteiger partial charge in [0.25, 0.3) is 0 Å². The van der Waals surface area contributed by atoms with Gasteiger partial charge in [-0.1, -0.05) is 0 Å². The van der Waals surface area contributed by atoms with Crippen molar-refractivity contribution in [1.29, 1.82) is 0 Å². The molecule has 1 atom stereocenters. The molecule has 1 amide bonds. The molecular formula is C17H21F2N3O5. The van der Waals surface area contributed by atoms with Gasteiger partial charge in [-0.3, -0.25) is 14.5 Å². The topological polar surface area (TPSA) is 80.3 Å². The zero-order chi connectivity index (χ0) is 19.4. The molecule has 148 valence electrons. The molecular weight excluding hydrogens is 364 g/mol. The first-order valence-electron chi connectivity index (χ1n) is 8.63. The number of hydrogen-bond donors (Lipinski definition) is 1. The number of methoxy groups -OCH3 is 1. The summed E-state index contributed by atoms with van der Waals surface area (Å²) in [5.41, 5.74) is 2.61. The van der Waals surface area contributed by atoms with Crippen molar-refractivity contribution in [2.75, 3.05) is 49.7 Å². The first kappa shape index (κ1) is 19.3. The normalized spacial score (nSPS) is 20.4. The summed E-state index contributed by atoms with van der Waals surface area (Å²) in [6.07, 6.45) is -0.881. The van der Waals surface area contributed by atoms with Crippen LogP contribution in [0.5, 0.6) is 0 Å². The number of nitrogens with one attached hydrogen (secondary N) is 1. The van der Waals surface area contributed by atoms with Crippen molar-refractivity contribution in [3.63, 3.8) is 0 Å². The second kappa shape index (κ2) is 8.49. The van der Waals surface area contributed by atoms with Gasteiger partial charge in [-0.15, -0.1) is 0 Å². The third-order valence-electron chi connectivity index (χ3n) is 4.45. The van der Waals surface area contributed by atoms with E-state index in [1.54, 1.807) is 4.90 Å². The van der Waals surface area contributed by atoms with E-state index >= 15 is 0 Å². The van der Waals surface area contributed by atoms with E-state index < -0.39 is 29.8 Å². The molecule has 0 radical (unpaired) electrons. The van der Waals surface area contributed by atoms with Crippen molar-refractivity contribution in [3.8, 4) is 0 Å². The molecule has 10 heteroatoms. The largest absolute Gasteiger partial charge is 0.469 e. The van der Waals surface area contributed by atoms with Crippen molar-refractivity contribution >= 4 is 23.4 Å². The molecule has 1 aromatic carbocycles. The summed E-state index contributed by atoms with van der Waals surface area (Å²) in [5, 5.41) is 0. The monoisotopic (exact) mass is 385 g/mol. The lowest BCUT2D eigenvalue weighted by atomic mass is 10.1. The summed E-state index contributed by atoms with van der Waals surface area (Å²) >= 11 is 0. The maximum absolute atomic E-state index is 14.6. The van der Waals surface area contributed by atoms with Gasteiger partial charge in [-0.2, -0.15) is 0 Å². The minimum atomic E-state index is -0.766. The fourth-order valence-corrected chi connectivity index (χ4v) is 3.09. The summed E-state index contributed by atoms with van der Waals surface area (Å²) in [4.78, 5) is 31.0. The molecule has 8 nitrogen and oxygen atoms in total. The maximum atomic E-state index is 14.6. The Balaban J connectivity index is 1.73. The van der Waals surface area contributed by atoms with Gasteiger partial charge >= 0.3 is 12.1 Å². The molecule has 1 N–H and O–H groups in total. The molecule has 3 rings (SSSR count). The quantitative estimate of drug-likeness (QED) is 0.771. The molecule has 2 aliphatic rings. The third kappa shape index (κ3) is 4.45. The fourth-order valence-electron chi connectivity index (χ4n) is 3.09. The lowest BCUT2D eigenvalue weighted by Crippen LogP contribution is -2.31. The summed E-state index contributed by atoms with van der Waals surface area (Å²) < 4.78 is 39.0. The molecule has 2 aliphatic heterocycles. The van der Waals surface area contributed by atoms with Gasteiger partial charge in [0.2, 0.25) is 0 Å². The highest BCUT2D eigenvalue weighted by Crippen LogP contribution is 2.31. The summed E-state index contributed by atoms with van der Waals surface area (Å²) in [5.74, 6) is -1.95. The van der Waals surface area contributed by atoms with Crippen LogP contribution in [0.1, 0.15) is 12.8 Å².